The molecular formula is C15H18N2O2. The summed E-state index contributed by atoms with van der Waals surface area (Å²) in [6.07, 6.45) is 0.717. The van der Waals surface area contributed by atoms with E-state index in [2.05, 4.69) is 5.32 Å². The smallest absolute Gasteiger partial charge is 0.236 e. The van der Waals surface area contributed by atoms with Gasteiger partial charge in [0, 0.05) is 24.7 Å². The topological polar surface area (TPSA) is 49.4 Å². The number of hydrogen-bond acceptors (Lipinski definition) is 2. The van der Waals surface area contributed by atoms with Crippen molar-refractivity contribution in [2.75, 3.05) is 18.4 Å². The van der Waals surface area contributed by atoms with Gasteiger partial charge in [0.05, 0.1) is 5.41 Å². The molecule has 2 amide bonds. The molecule has 1 aromatic carbocycles. The third kappa shape index (κ3) is 1.66. The Morgan fingerprint density at radius 1 is 1.37 bits per heavy atom. The lowest BCUT2D eigenvalue weighted by atomic mass is 9.81. The van der Waals surface area contributed by atoms with Crippen LogP contribution in [-0.2, 0) is 15.0 Å². The van der Waals surface area contributed by atoms with Gasteiger partial charge in [0.15, 0.2) is 0 Å². The Hall–Kier alpha value is -1.84. The van der Waals surface area contributed by atoms with Crippen molar-refractivity contribution in [1.29, 1.82) is 0 Å². The minimum absolute atomic E-state index is 0.0186. The fourth-order valence-corrected chi connectivity index (χ4v) is 3.14. The summed E-state index contributed by atoms with van der Waals surface area (Å²) in [4.78, 5) is 26.3. The number of benzene rings is 1. The molecule has 0 saturated carbocycles. The predicted octanol–water partition coefficient (Wildman–Crippen LogP) is 1.76. The van der Waals surface area contributed by atoms with E-state index in [4.69, 9.17) is 0 Å². The van der Waals surface area contributed by atoms with Crippen molar-refractivity contribution in [2.24, 2.45) is 5.92 Å². The standard InChI is InChI=1S/C15H18N2O2/c1-10(2)13(18)17-8-7-15(9-17)11-5-3-4-6-12(11)16-14(15)19/h3-6,10H,7-9H2,1-2H3,(H,16,19). The van der Waals surface area contributed by atoms with Crippen molar-refractivity contribution in [3.63, 3.8) is 0 Å². The van der Waals surface area contributed by atoms with E-state index in [1.807, 2.05) is 43.0 Å². The van der Waals surface area contributed by atoms with Gasteiger partial charge in [0.2, 0.25) is 11.8 Å². The fraction of sp³-hybridized carbons (Fsp3) is 0.467. The van der Waals surface area contributed by atoms with E-state index in [0.717, 1.165) is 11.3 Å². The van der Waals surface area contributed by atoms with E-state index < -0.39 is 5.41 Å². The maximum absolute atomic E-state index is 12.3. The molecule has 19 heavy (non-hydrogen) atoms. The van der Waals surface area contributed by atoms with Gasteiger partial charge in [-0.3, -0.25) is 9.59 Å². The molecule has 1 atom stereocenters. The molecule has 2 heterocycles. The van der Waals surface area contributed by atoms with Crippen LogP contribution in [0.25, 0.3) is 0 Å². The summed E-state index contributed by atoms with van der Waals surface area (Å²) < 4.78 is 0. The maximum Gasteiger partial charge on any atom is 0.236 e. The van der Waals surface area contributed by atoms with Crippen LogP contribution in [0.3, 0.4) is 0 Å². The summed E-state index contributed by atoms with van der Waals surface area (Å²) in [5.74, 6) is 0.150. The predicted molar refractivity (Wildman–Crippen MR) is 72.8 cm³/mol. The van der Waals surface area contributed by atoms with E-state index in [1.165, 1.54) is 0 Å². The SMILES string of the molecule is CC(C)C(=O)N1CCC2(C1)C(=O)Nc1ccccc12. The molecule has 100 valence electrons. The van der Waals surface area contributed by atoms with Crippen molar-refractivity contribution in [3.05, 3.63) is 29.8 Å². The summed E-state index contributed by atoms with van der Waals surface area (Å²) in [5, 5.41) is 2.94. The van der Waals surface area contributed by atoms with Gasteiger partial charge in [-0.2, -0.15) is 0 Å². The van der Waals surface area contributed by atoms with Gasteiger partial charge in [-0.05, 0) is 18.1 Å². The zero-order chi connectivity index (χ0) is 13.6. The Morgan fingerprint density at radius 3 is 2.84 bits per heavy atom. The minimum Gasteiger partial charge on any atom is -0.341 e. The highest BCUT2D eigenvalue weighted by Gasteiger charge is 2.51. The zero-order valence-corrected chi connectivity index (χ0v) is 11.3. The van der Waals surface area contributed by atoms with Crippen LogP contribution in [0.4, 0.5) is 5.69 Å². The van der Waals surface area contributed by atoms with Gasteiger partial charge in [-0.25, -0.2) is 0 Å². The molecule has 1 saturated heterocycles. The Morgan fingerprint density at radius 2 is 2.11 bits per heavy atom. The second kappa shape index (κ2) is 4.08. The number of carbonyl (C=O) groups excluding carboxylic acids is 2. The van der Waals surface area contributed by atoms with Crippen LogP contribution >= 0.6 is 0 Å². The van der Waals surface area contributed by atoms with Crippen LogP contribution in [0.15, 0.2) is 24.3 Å². The first-order valence-electron chi connectivity index (χ1n) is 6.74. The Balaban J connectivity index is 1.94. The van der Waals surface area contributed by atoms with Crippen LogP contribution in [0.2, 0.25) is 0 Å². The first kappa shape index (κ1) is 12.2. The van der Waals surface area contributed by atoms with E-state index >= 15 is 0 Å². The second-order valence-electron chi connectivity index (χ2n) is 5.75. The van der Waals surface area contributed by atoms with Crippen molar-refractivity contribution in [2.45, 2.75) is 25.7 Å². The molecule has 1 unspecified atom stereocenters. The van der Waals surface area contributed by atoms with Gasteiger partial charge in [-0.15, -0.1) is 0 Å². The molecule has 0 aromatic heterocycles. The molecule has 0 bridgehead atoms. The molecule has 4 nitrogen and oxygen atoms in total. The molecule has 2 aliphatic heterocycles. The molecular weight excluding hydrogens is 240 g/mol. The Labute approximate surface area is 112 Å². The van der Waals surface area contributed by atoms with Crippen molar-refractivity contribution < 1.29 is 9.59 Å². The van der Waals surface area contributed by atoms with Gasteiger partial charge < -0.3 is 10.2 Å². The van der Waals surface area contributed by atoms with Crippen LogP contribution in [-0.4, -0.2) is 29.8 Å². The lowest BCUT2D eigenvalue weighted by Crippen LogP contribution is -2.40. The molecule has 1 aromatic rings. The van der Waals surface area contributed by atoms with Crippen LogP contribution in [0.1, 0.15) is 25.8 Å². The minimum atomic E-state index is -0.527. The van der Waals surface area contributed by atoms with Crippen LogP contribution in [0, 0.1) is 5.92 Å². The number of carbonyl (C=O) groups is 2. The number of para-hydroxylation sites is 1. The van der Waals surface area contributed by atoms with E-state index in [9.17, 15) is 9.59 Å². The molecule has 1 spiro atoms. The van der Waals surface area contributed by atoms with Gasteiger partial charge in [0.25, 0.3) is 0 Å². The Bertz CT molecular complexity index is 553. The molecule has 3 rings (SSSR count). The fourth-order valence-electron chi connectivity index (χ4n) is 3.14. The van der Waals surface area contributed by atoms with Crippen molar-refractivity contribution in [3.8, 4) is 0 Å². The first-order valence-corrected chi connectivity index (χ1v) is 6.74. The van der Waals surface area contributed by atoms with E-state index in [-0.39, 0.29) is 17.7 Å². The number of nitrogens with zero attached hydrogens (tertiary/aromatic N) is 1. The molecule has 0 radical (unpaired) electrons. The number of nitrogens with one attached hydrogen (secondary N) is 1. The highest BCUT2D eigenvalue weighted by atomic mass is 16.2. The third-order valence-corrected chi connectivity index (χ3v) is 4.20. The number of rotatable bonds is 1. The zero-order valence-electron chi connectivity index (χ0n) is 11.3. The largest absolute Gasteiger partial charge is 0.341 e. The van der Waals surface area contributed by atoms with Crippen LogP contribution in [0.5, 0.6) is 0 Å². The normalized spacial score (nSPS) is 25.0. The molecule has 2 aliphatic rings. The van der Waals surface area contributed by atoms with Gasteiger partial charge in [0.1, 0.15) is 0 Å². The van der Waals surface area contributed by atoms with Gasteiger partial charge >= 0.3 is 0 Å². The molecule has 1 fully saturated rings. The molecule has 0 aliphatic carbocycles. The highest BCUT2D eigenvalue weighted by Crippen LogP contribution is 2.44. The number of likely N-dealkylation sites (tertiary alicyclic amines) is 1. The average molecular weight is 258 g/mol. The van der Waals surface area contributed by atoms with Crippen LogP contribution < -0.4 is 5.32 Å². The highest BCUT2D eigenvalue weighted by molar-refractivity contribution is 6.07. The monoisotopic (exact) mass is 258 g/mol. The third-order valence-electron chi connectivity index (χ3n) is 4.20. The van der Waals surface area contributed by atoms with Crippen molar-refractivity contribution >= 4 is 17.5 Å². The maximum atomic E-state index is 12.3. The van der Waals surface area contributed by atoms with Crippen molar-refractivity contribution in [1.82, 2.24) is 4.90 Å². The first-order chi connectivity index (χ1) is 9.04. The molecule has 4 heteroatoms. The number of hydrogen-bond donors (Lipinski definition) is 1. The number of anilines is 1. The van der Waals surface area contributed by atoms with E-state index in [0.29, 0.717) is 19.5 Å². The summed E-state index contributed by atoms with van der Waals surface area (Å²) >= 11 is 0. The average Bonchev–Trinajstić information content (AvgIpc) is 2.94. The lowest BCUT2D eigenvalue weighted by Gasteiger charge is -2.23. The summed E-state index contributed by atoms with van der Waals surface area (Å²) in [5.41, 5.74) is 1.41. The van der Waals surface area contributed by atoms with Gasteiger partial charge in [-0.1, -0.05) is 32.0 Å². The number of amides is 2. The summed E-state index contributed by atoms with van der Waals surface area (Å²) in [6, 6.07) is 7.80. The quantitative estimate of drug-likeness (QED) is 0.834. The lowest BCUT2D eigenvalue weighted by molar-refractivity contribution is -0.133. The summed E-state index contributed by atoms with van der Waals surface area (Å²) in [6.45, 7) is 4.97. The number of fused-ring (bicyclic) bond motifs is 2. The molecule has 1 N–H and O–H groups in total. The second-order valence-corrected chi connectivity index (χ2v) is 5.75. The van der Waals surface area contributed by atoms with E-state index in [1.54, 1.807) is 0 Å². The summed E-state index contributed by atoms with van der Waals surface area (Å²) in [7, 11) is 0. The Kier molecular flexibility index (Phi) is 2.62.